The number of aryl methyl sites for hydroxylation is 1. The van der Waals surface area contributed by atoms with E-state index in [-0.39, 0.29) is 0 Å². The van der Waals surface area contributed by atoms with E-state index in [4.69, 9.17) is 4.98 Å². The monoisotopic (exact) mass is 384 g/mol. The van der Waals surface area contributed by atoms with Crippen molar-refractivity contribution < 1.29 is 0 Å². The zero-order valence-corrected chi connectivity index (χ0v) is 16.8. The summed E-state index contributed by atoms with van der Waals surface area (Å²) in [6.45, 7) is 4.17. The van der Waals surface area contributed by atoms with E-state index in [2.05, 4.69) is 81.0 Å². The summed E-state index contributed by atoms with van der Waals surface area (Å²) in [5, 5.41) is 1.20. The predicted molar refractivity (Wildman–Crippen MR) is 117 cm³/mol. The molecule has 5 rings (SSSR count). The molecule has 146 valence electrons. The topological polar surface area (TPSA) is 50.1 Å². The molecule has 1 aliphatic heterocycles. The second-order valence-electron chi connectivity index (χ2n) is 7.69. The number of benzene rings is 1. The number of anilines is 1. The number of nitrogens with zero attached hydrogens (tertiary/aromatic N) is 6. The molecule has 6 heteroatoms. The Labute approximate surface area is 170 Å². The summed E-state index contributed by atoms with van der Waals surface area (Å²) in [6.07, 6.45) is 7.60. The van der Waals surface area contributed by atoms with Crippen molar-refractivity contribution in [2.24, 2.45) is 7.05 Å². The lowest BCUT2D eigenvalue weighted by atomic mass is 10.1. The molecule has 0 atom stereocenters. The summed E-state index contributed by atoms with van der Waals surface area (Å²) in [5.74, 6) is 1.03. The quantitative estimate of drug-likeness (QED) is 0.542. The Bertz CT molecular complexity index is 1140. The number of likely N-dealkylation sites (N-methyl/N-ethyl adjacent to an activating group) is 1. The number of hydrogen-bond acceptors (Lipinski definition) is 5. The van der Waals surface area contributed by atoms with Gasteiger partial charge in [0.05, 0.1) is 23.8 Å². The zero-order valence-electron chi connectivity index (χ0n) is 16.8. The summed E-state index contributed by atoms with van der Waals surface area (Å²) >= 11 is 0. The lowest BCUT2D eigenvalue weighted by Gasteiger charge is -2.33. The van der Waals surface area contributed by atoms with Gasteiger partial charge in [0.2, 0.25) is 0 Å². The lowest BCUT2D eigenvalue weighted by molar-refractivity contribution is 0.312. The Morgan fingerprint density at radius 2 is 1.55 bits per heavy atom. The highest BCUT2D eigenvalue weighted by Crippen LogP contribution is 2.26. The number of piperazine rings is 1. The first kappa shape index (κ1) is 17.8. The summed E-state index contributed by atoms with van der Waals surface area (Å²) in [5.41, 5.74) is 4.98. The van der Waals surface area contributed by atoms with Crippen LogP contribution in [0.3, 0.4) is 0 Å². The normalized spacial score (nSPS) is 15.2. The molecule has 4 heterocycles. The van der Waals surface area contributed by atoms with Gasteiger partial charge in [0.15, 0.2) is 0 Å². The molecule has 1 fully saturated rings. The van der Waals surface area contributed by atoms with Gasteiger partial charge in [0.25, 0.3) is 0 Å². The van der Waals surface area contributed by atoms with Crippen LogP contribution in [0, 0.1) is 0 Å². The highest BCUT2D eigenvalue weighted by atomic mass is 15.3. The Morgan fingerprint density at radius 1 is 0.793 bits per heavy atom. The van der Waals surface area contributed by atoms with Crippen molar-refractivity contribution in [3.63, 3.8) is 0 Å². The average molecular weight is 384 g/mol. The van der Waals surface area contributed by atoms with E-state index in [9.17, 15) is 0 Å². The van der Waals surface area contributed by atoms with Gasteiger partial charge in [-0.05, 0) is 37.4 Å². The average Bonchev–Trinajstić information content (AvgIpc) is 3.15. The first-order valence-corrected chi connectivity index (χ1v) is 9.95. The van der Waals surface area contributed by atoms with Gasteiger partial charge in [-0.3, -0.25) is 4.98 Å². The molecule has 1 saturated heterocycles. The minimum atomic E-state index is 0.841. The predicted octanol–water partition coefficient (Wildman–Crippen LogP) is 3.45. The Morgan fingerprint density at radius 3 is 2.31 bits per heavy atom. The van der Waals surface area contributed by atoms with Crippen molar-refractivity contribution >= 4 is 16.7 Å². The summed E-state index contributed by atoms with van der Waals surface area (Å²) in [4.78, 5) is 18.6. The summed E-state index contributed by atoms with van der Waals surface area (Å²) in [7, 11) is 4.22. The molecule has 0 amide bonds. The number of hydrogen-bond donors (Lipinski definition) is 0. The van der Waals surface area contributed by atoms with Gasteiger partial charge in [0, 0.05) is 67.7 Å². The molecular formula is C23H24N6. The highest BCUT2D eigenvalue weighted by molar-refractivity contribution is 5.85. The number of aromatic nitrogens is 4. The van der Waals surface area contributed by atoms with Crippen LogP contribution in [0.4, 0.5) is 5.82 Å². The van der Waals surface area contributed by atoms with Crippen LogP contribution >= 0.6 is 0 Å². The standard InChI is InChI=1S/C23H24N6/c1-27-9-11-29(12-10-27)23-6-4-19(14-25-23)21-16-24-15-20(26-21)17-3-5-22-18(13-17)7-8-28(22)2/h3-8,13-16H,9-12H2,1-2H3. The first-order chi connectivity index (χ1) is 14.2. The van der Waals surface area contributed by atoms with Gasteiger partial charge >= 0.3 is 0 Å². The minimum Gasteiger partial charge on any atom is -0.354 e. The van der Waals surface area contributed by atoms with Crippen LogP contribution in [0.2, 0.25) is 0 Å². The van der Waals surface area contributed by atoms with Gasteiger partial charge < -0.3 is 14.4 Å². The number of fused-ring (bicyclic) bond motifs is 1. The van der Waals surface area contributed by atoms with E-state index >= 15 is 0 Å². The Balaban J connectivity index is 1.41. The van der Waals surface area contributed by atoms with Gasteiger partial charge in [-0.15, -0.1) is 0 Å². The van der Waals surface area contributed by atoms with Gasteiger partial charge in [-0.25, -0.2) is 9.97 Å². The third-order valence-corrected chi connectivity index (χ3v) is 5.69. The molecule has 4 aromatic rings. The molecule has 3 aromatic heterocycles. The van der Waals surface area contributed by atoms with Crippen LogP contribution in [-0.2, 0) is 7.05 Å². The molecule has 0 radical (unpaired) electrons. The smallest absolute Gasteiger partial charge is 0.128 e. The molecule has 0 unspecified atom stereocenters. The van der Waals surface area contributed by atoms with Gasteiger partial charge in [-0.1, -0.05) is 6.07 Å². The van der Waals surface area contributed by atoms with Crippen molar-refractivity contribution in [2.75, 3.05) is 38.1 Å². The minimum absolute atomic E-state index is 0.841. The second kappa shape index (κ2) is 7.29. The van der Waals surface area contributed by atoms with E-state index in [0.717, 1.165) is 54.5 Å². The molecule has 6 nitrogen and oxygen atoms in total. The molecule has 0 saturated carbocycles. The van der Waals surface area contributed by atoms with Crippen LogP contribution in [0.1, 0.15) is 0 Å². The second-order valence-corrected chi connectivity index (χ2v) is 7.69. The van der Waals surface area contributed by atoms with Crippen LogP contribution < -0.4 is 4.90 Å². The van der Waals surface area contributed by atoms with E-state index in [1.54, 1.807) is 6.20 Å². The molecule has 0 spiro atoms. The van der Waals surface area contributed by atoms with Crippen molar-refractivity contribution in [2.45, 2.75) is 0 Å². The van der Waals surface area contributed by atoms with E-state index in [0.29, 0.717) is 0 Å². The zero-order chi connectivity index (χ0) is 19.8. The maximum atomic E-state index is 4.85. The van der Waals surface area contributed by atoms with E-state index in [1.807, 2.05) is 12.4 Å². The van der Waals surface area contributed by atoms with Crippen LogP contribution in [0.25, 0.3) is 33.4 Å². The maximum absolute atomic E-state index is 4.85. The number of pyridine rings is 1. The van der Waals surface area contributed by atoms with Crippen molar-refractivity contribution in [3.8, 4) is 22.5 Å². The van der Waals surface area contributed by atoms with Crippen molar-refractivity contribution in [1.82, 2.24) is 24.4 Å². The molecular weight excluding hydrogens is 360 g/mol. The molecule has 29 heavy (non-hydrogen) atoms. The van der Waals surface area contributed by atoms with Crippen molar-refractivity contribution in [1.29, 1.82) is 0 Å². The molecule has 1 aromatic carbocycles. The van der Waals surface area contributed by atoms with Crippen LogP contribution in [0.5, 0.6) is 0 Å². The molecule has 0 aliphatic carbocycles. The SMILES string of the molecule is CN1CCN(c2ccc(-c3cncc(-c4ccc5c(ccn5C)c4)n3)cn2)CC1. The van der Waals surface area contributed by atoms with Crippen molar-refractivity contribution in [3.05, 3.63) is 61.2 Å². The highest BCUT2D eigenvalue weighted by Gasteiger charge is 2.15. The fraction of sp³-hybridized carbons (Fsp3) is 0.261. The van der Waals surface area contributed by atoms with Crippen LogP contribution in [0.15, 0.2) is 61.2 Å². The largest absolute Gasteiger partial charge is 0.354 e. The Kier molecular flexibility index (Phi) is 4.48. The molecule has 0 N–H and O–H groups in total. The Hall–Kier alpha value is -3.25. The third-order valence-electron chi connectivity index (χ3n) is 5.69. The fourth-order valence-electron chi connectivity index (χ4n) is 3.85. The first-order valence-electron chi connectivity index (χ1n) is 9.95. The van der Waals surface area contributed by atoms with Gasteiger partial charge in [-0.2, -0.15) is 0 Å². The third kappa shape index (κ3) is 3.47. The van der Waals surface area contributed by atoms with E-state index in [1.165, 1.54) is 10.9 Å². The van der Waals surface area contributed by atoms with Crippen LogP contribution in [-0.4, -0.2) is 57.6 Å². The number of rotatable bonds is 3. The molecule has 0 bridgehead atoms. The summed E-state index contributed by atoms with van der Waals surface area (Å²) < 4.78 is 2.12. The van der Waals surface area contributed by atoms with Gasteiger partial charge in [0.1, 0.15) is 5.82 Å². The fourth-order valence-corrected chi connectivity index (χ4v) is 3.85. The lowest BCUT2D eigenvalue weighted by Crippen LogP contribution is -2.44. The maximum Gasteiger partial charge on any atom is 0.128 e. The summed E-state index contributed by atoms with van der Waals surface area (Å²) in [6, 6.07) is 12.7. The van der Waals surface area contributed by atoms with E-state index < -0.39 is 0 Å². The molecule has 1 aliphatic rings.